The lowest BCUT2D eigenvalue weighted by Gasteiger charge is -2.19. The SMILES string of the molecule is CC(C)(C)OC(=O)NCCOCCOCCN.CC(C)(C)OC(=O)NCCOCCOCCO.NCCOCCOCCN.NCCOCCOCCO. The van der Waals surface area contributed by atoms with E-state index in [1.165, 1.54) is 0 Å². The van der Waals surface area contributed by atoms with Gasteiger partial charge in [-0.15, -0.1) is 0 Å². The summed E-state index contributed by atoms with van der Waals surface area (Å²) in [6, 6.07) is 0. The van der Waals surface area contributed by atoms with Crippen LogP contribution in [0.4, 0.5) is 9.59 Å². The number of nitrogens with two attached hydrogens (primary N) is 4. The average Bonchev–Trinajstić information content (AvgIpc) is 3.09. The third-order valence-electron chi connectivity index (χ3n) is 4.84. The summed E-state index contributed by atoms with van der Waals surface area (Å²) in [7, 11) is 0. The molecule has 20 heteroatoms. The molecule has 0 saturated carbocycles. The number of nitrogens with one attached hydrogen (secondary N) is 2. The molecule has 0 aliphatic rings. The van der Waals surface area contributed by atoms with E-state index in [4.69, 9.17) is 80.5 Å². The van der Waals surface area contributed by atoms with Gasteiger partial charge in [0.15, 0.2) is 0 Å². The minimum Gasteiger partial charge on any atom is -0.444 e. The van der Waals surface area contributed by atoms with Crippen molar-refractivity contribution in [3.63, 3.8) is 0 Å². The van der Waals surface area contributed by atoms with E-state index in [2.05, 4.69) is 10.6 Å². The maximum Gasteiger partial charge on any atom is 0.407 e. The Labute approximate surface area is 323 Å². The van der Waals surface area contributed by atoms with Crippen molar-refractivity contribution in [1.82, 2.24) is 10.6 Å². The molecule has 328 valence electrons. The number of carbonyl (C=O) groups excluding carboxylic acids is 2. The Bertz CT molecular complexity index is 675. The molecule has 0 spiro atoms. The van der Waals surface area contributed by atoms with E-state index in [1.54, 1.807) is 0 Å². The lowest BCUT2D eigenvalue weighted by Crippen LogP contribution is -2.34. The van der Waals surface area contributed by atoms with Crippen LogP contribution in [0.25, 0.3) is 0 Å². The molecule has 2 amide bonds. The largest absolute Gasteiger partial charge is 0.444 e. The Morgan fingerprint density at radius 1 is 0.407 bits per heavy atom. The molecule has 0 saturated heterocycles. The van der Waals surface area contributed by atoms with Gasteiger partial charge in [0.25, 0.3) is 0 Å². The van der Waals surface area contributed by atoms with Crippen molar-refractivity contribution in [3.05, 3.63) is 0 Å². The summed E-state index contributed by atoms with van der Waals surface area (Å²) in [5.41, 5.74) is 19.8. The lowest BCUT2D eigenvalue weighted by atomic mass is 10.2. The Hall–Kier alpha value is -2.02. The first kappa shape index (κ1) is 58.7. The van der Waals surface area contributed by atoms with Crippen LogP contribution in [-0.2, 0) is 47.4 Å². The van der Waals surface area contributed by atoms with Crippen LogP contribution < -0.4 is 33.6 Å². The van der Waals surface area contributed by atoms with Crippen molar-refractivity contribution in [1.29, 1.82) is 0 Å². The lowest BCUT2D eigenvalue weighted by molar-refractivity contribution is 0.0303. The second-order valence-corrected chi connectivity index (χ2v) is 12.4. The zero-order chi connectivity index (χ0) is 41.6. The van der Waals surface area contributed by atoms with E-state index in [-0.39, 0.29) is 13.2 Å². The number of hydrogen-bond donors (Lipinski definition) is 8. The van der Waals surface area contributed by atoms with Crippen LogP contribution >= 0.6 is 0 Å². The molecular weight excluding hydrogens is 716 g/mol. The standard InChI is InChI=1S/C11H24N2O4.C11H23NO5.C6H16N2O2.C6H15NO3/c1-11(2,3)17-10(14)13-5-7-16-9-8-15-6-4-12;1-11(2,3)17-10(14)12-4-6-15-8-9-16-7-5-13;2*7-1-3-9-5-6-10-4-2-8/h4-9,12H2,1-3H3,(H,13,14);13H,4-9H2,1-3H3,(H,12,14);1-8H2;8H,1-7H2. The molecule has 20 nitrogen and oxygen atoms in total. The highest BCUT2D eigenvalue weighted by Gasteiger charge is 2.16. The fourth-order valence-corrected chi connectivity index (χ4v) is 2.83. The number of ether oxygens (including phenoxy) is 10. The number of aliphatic hydroxyl groups excluding tert-OH is 2. The van der Waals surface area contributed by atoms with Crippen LogP contribution in [0, 0.1) is 0 Å². The maximum absolute atomic E-state index is 11.2. The zero-order valence-electron chi connectivity index (χ0n) is 34.1. The normalized spacial score (nSPS) is 10.9. The van der Waals surface area contributed by atoms with Gasteiger partial charge in [0.05, 0.1) is 119 Å². The molecule has 0 bridgehead atoms. The first-order valence-electron chi connectivity index (χ1n) is 18.3. The second kappa shape index (κ2) is 47.1. The number of alkyl carbamates (subject to hydrolysis) is 2. The summed E-state index contributed by atoms with van der Waals surface area (Å²) in [6.45, 7) is 22.0. The van der Waals surface area contributed by atoms with Crippen LogP contribution in [0.2, 0.25) is 0 Å². The maximum atomic E-state index is 11.2. The van der Waals surface area contributed by atoms with Crippen LogP contribution in [0.15, 0.2) is 0 Å². The van der Waals surface area contributed by atoms with Crippen molar-refractivity contribution in [2.75, 3.05) is 158 Å². The summed E-state index contributed by atoms with van der Waals surface area (Å²) >= 11 is 0. The monoisotopic (exact) mass is 795 g/mol. The van der Waals surface area contributed by atoms with Gasteiger partial charge in [-0.3, -0.25) is 0 Å². The fourth-order valence-electron chi connectivity index (χ4n) is 2.83. The van der Waals surface area contributed by atoms with Crippen molar-refractivity contribution in [3.8, 4) is 0 Å². The van der Waals surface area contributed by atoms with Crippen LogP contribution in [0.3, 0.4) is 0 Å². The number of aliphatic hydroxyl groups is 2. The molecule has 0 heterocycles. The molecule has 12 N–H and O–H groups in total. The highest BCUT2D eigenvalue weighted by Crippen LogP contribution is 2.06. The van der Waals surface area contributed by atoms with E-state index >= 15 is 0 Å². The zero-order valence-corrected chi connectivity index (χ0v) is 34.1. The van der Waals surface area contributed by atoms with Gasteiger partial charge < -0.3 is 91.1 Å². The topological polar surface area (TPSA) is 295 Å². The molecule has 0 radical (unpaired) electrons. The van der Waals surface area contributed by atoms with Crippen molar-refractivity contribution in [2.24, 2.45) is 22.9 Å². The first-order chi connectivity index (χ1) is 25.7. The van der Waals surface area contributed by atoms with Crippen LogP contribution in [-0.4, -0.2) is 192 Å². The van der Waals surface area contributed by atoms with Crippen molar-refractivity contribution < 1.29 is 67.2 Å². The highest BCUT2D eigenvalue weighted by molar-refractivity contribution is 5.67. The Morgan fingerprint density at radius 2 is 0.630 bits per heavy atom. The molecule has 0 rings (SSSR count). The molecular formula is C34H78N6O14. The predicted octanol–water partition coefficient (Wildman–Crippen LogP) is -1.05. The average molecular weight is 795 g/mol. The minimum absolute atomic E-state index is 0.0141. The number of carbonyl (C=O) groups is 2. The number of rotatable bonds is 30. The summed E-state index contributed by atoms with van der Waals surface area (Å²) in [5, 5.41) is 21.9. The van der Waals surface area contributed by atoms with Crippen LogP contribution in [0.5, 0.6) is 0 Å². The predicted molar refractivity (Wildman–Crippen MR) is 205 cm³/mol. The first-order valence-corrected chi connectivity index (χ1v) is 18.3. The van der Waals surface area contributed by atoms with E-state index in [0.29, 0.717) is 145 Å². The summed E-state index contributed by atoms with van der Waals surface area (Å²) < 4.78 is 50.6. The Balaban J connectivity index is -0.000000318. The highest BCUT2D eigenvalue weighted by atomic mass is 16.6. The molecule has 0 aromatic carbocycles. The summed E-state index contributed by atoms with van der Waals surface area (Å²) in [5.74, 6) is 0. The van der Waals surface area contributed by atoms with Gasteiger partial charge >= 0.3 is 12.2 Å². The van der Waals surface area contributed by atoms with Gasteiger partial charge in [0.1, 0.15) is 11.2 Å². The molecule has 0 aromatic heterocycles. The molecule has 0 fully saturated rings. The Kier molecular flexibility index (Phi) is 51.2. The van der Waals surface area contributed by atoms with Gasteiger partial charge in [-0.25, -0.2) is 9.59 Å². The number of amides is 2. The molecule has 0 aliphatic heterocycles. The van der Waals surface area contributed by atoms with Gasteiger partial charge in [-0.2, -0.15) is 0 Å². The van der Waals surface area contributed by atoms with E-state index in [0.717, 1.165) is 0 Å². The smallest absolute Gasteiger partial charge is 0.407 e. The van der Waals surface area contributed by atoms with Gasteiger partial charge in [0.2, 0.25) is 0 Å². The van der Waals surface area contributed by atoms with E-state index in [9.17, 15) is 9.59 Å². The third-order valence-corrected chi connectivity index (χ3v) is 4.84. The van der Waals surface area contributed by atoms with Crippen molar-refractivity contribution in [2.45, 2.75) is 52.7 Å². The third kappa shape index (κ3) is 68.0. The van der Waals surface area contributed by atoms with Crippen molar-refractivity contribution >= 4 is 12.2 Å². The molecule has 0 aliphatic carbocycles. The molecule has 0 unspecified atom stereocenters. The quantitative estimate of drug-likeness (QED) is 0.0402. The van der Waals surface area contributed by atoms with E-state index in [1.807, 2.05) is 41.5 Å². The van der Waals surface area contributed by atoms with Gasteiger partial charge in [0, 0.05) is 39.3 Å². The van der Waals surface area contributed by atoms with Crippen LogP contribution in [0.1, 0.15) is 41.5 Å². The minimum atomic E-state index is -0.483. The van der Waals surface area contributed by atoms with Gasteiger partial charge in [-0.1, -0.05) is 0 Å². The number of hydrogen-bond acceptors (Lipinski definition) is 18. The second-order valence-electron chi connectivity index (χ2n) is 12.4. The fraction of sp³-hybridized carbons (Fsp3) is 0.941. The molecule has 0 aromatic rings. The van der Waals surface area contributed by atoms with E-state index < -0.39 is 23.4 Å². The molecule has 54 heavy (non-hydrogen) atoms. The summed E-state index contributed by atoms with van der Waals surface area (Å²) in [4.78, 5) is 22.4. The molecule has 0 atom stereocenters. The van der Waals surface area contributed by atoms with Gasteiger partial charge in [-0.05, 0) is 41.5 Å². The summed E-state index contributed by atoms with van der Waals surface area (Å²) in [6.07, 6.45) is -0.877. The Morgan fingerprint density at radius 3 is 0.833 bits per heavy atom.